The zero-order valence-corrected chi connectivity index (χ0v) is 3.43. The molecule has 26 valence electrons. The molecule has 2 nitrogen and oxygen atoms in total. The molecule has 0 fully saturated rings. The molecule has 1 N–H and O–H groups in total. The van der Waals surface area contributed by atoms with Crippen LogP contribution in [0.1, 0.15) is 0 Å². The van der Waals surface area contributed by atoms with Crippen molar-refractivity contribution in [2.45, 2.75) is 5.60 Å². The van der Waals surface area contributed by atoms with Gasteiger partial charge >= 0.3 is 23.3 Å². The quantitative estimate of drug-likeness (QED) is 0.318. The minimum atomic E-state index is -0.250. The second kappa shape index (κ2) is 33.6. The van der Waals surface area contributed by atoms with Gasteiger partial charge in [-0.2, -0.15) is 0 Å². The van der Waals surface area contributed by atoms with Gasteiger partial charge in [-0.25, -0.2) is 0 Å². The van der Waals surface area contributed by atoms with Crippen molar-refractivity contribution in [3.8, 4) is 0 Å². The maximum absolute atomic E-state index is 8.36. The first-order valence-corrected chi connectivity index (χ1v) is 1.49. The van der Waals surface area contributed by atoms with Crippen molar-refractivity contribution >= 4 is 24.2 Å². The Labute approximate surface area is 40.4 Å². The van der Waals surface area contributed by atoms with Crippen LogP contribution >= 0.6 is 0 Å². The van der Waals surface area contributed by atoms with Crippen LogP contribution in [-0.2, 0) is 4.79 Å². The first-order chi connectivity index (χ1) is 2.41. The summed E-state index contributed by atoms with van der Waals surface area (Å²) in [4.78, 5) is 8.36. The van der Waals surface area contributed by atoms with Crippen LogP contribution in [0.3, 0.4) is 0 Å². The molecule has 0 atom stereocenters. The molecule has 0 rings (SSSR count). The molecule has 0 aromatic carbocycles. The van der Waals surface area contributed by atoms with Gasteiger partial charge in [0.2, 0.25) is 0 Å². The predicted octanol–water partition coefficient (Wildman–Crippen LogP) is -0.0962. The van der Waals surface area contributed by atoms with Crippen molar-refractivity contribution in [1.29, 1.82) is 0 Å². The van der Waals surface area contributed by atoms with Gasteiger partial charge in [-0.05, 0) is 0 Å². The molecule has 5 heavy (non-hydrogen) atoms. The van der Waals surface area contributed by atoms with Crippen LogP contribution in [0, 0.1) is 0 Å². The van der Waals surface area contributed by atoms with E-state index in [-0.39, 0.29) is 6.47 Å². The summed E-state index contributed by atoms with van der Waals surface area (Å²) in [6.45, 7) is -0.250. The minimum absolute atomic E-state index is 0.250. The van der Waals surface area contributed by atoms with Crippen molar-refractivity contribution in [3.63, 3.8) is 0 Å². The molecule has 0 saturated heterocycles. The van der Waals surface area contributed by atoms with Gasteiger partial charge in [0.1, 0.15) is 0 Å². The number of rotatable bonds is 0. The molecule has 0 saturated carbocycles. The van der Waals surface area contributed by atoms with Gasteiger partial charge in [-0.1, -0.05) is 0 Å². The fourth-order valence-corrected chi connectivity index (χ4v) is 0. The van der Waals surface area contributed by atoms with Crippen LogP contribution in [0.4, 0.5) is 0 Å². The topological polar surface area (TPSA) is 37.3 Å². The van der Waals surface area contributed by atoms with Gasteiger partial charge in [0.05, 0.1) is 0 Å². The summed E-state index contributed by atoms with van der Waals surface area (Å²) in [7, 11) is 0. The number of hydrogen-bond donors (Lipinski definition) is 1. The van der Waals surface area contributed by atoms with E-state index in [0.717, 1.165) is 0 Å². The third-order valence-electron chi connectivity index (χ3n) is 0. The molecule has 0 aromatic rings. The normalized spacial score (nSPS) is 3.80. The number of carbonyl (C=O) groups is 1. The van der Waals surface area contributed by atoms with Crippen LogP contribution in [0.5, 0.6) is 0 Å². The molecule has 3 heteroatoms. The summed E-state index contributed by atoms with van der Waals surface area (Å²) in [5, 5.41) is 6.89. The Morgan fingerprint density at radius 3 is 1.80 bits per heavy atom. The summed E-state index contributed by atoms with van der Waals surface area (Å²) in [6.07, 6.45) is 0. The summed E-state index contributed by atoms with van der Waals surface area (Å²) >= 11 is 2.00. The molecule has 0 spiro atoms. The molecule has 0 aliphatic rings. The van der Waals surface area contributed by atoms with E-state index in [1.807, 2.05) is 23.3 Å². The molecule has 0 heterocycles. The Balaban J connectivity index is 0. The summed E-state index contributed by atoms with van der Waals surface area (Å²) in [5.74, 6) is 0. The van der Waals surface area contributed by atoms with E-state index < -0.39 is 0 Å². The van der Waals surface area contributed by atoms with E-state index in [1.54, 1.807) is 0 Å². The zero-order chi connectivity index (χ0) is 4.71. The average molecular weight is 68.0 g/mol. The Bertz CT molecular complexity index is 15.1. The van der Waals surface area contributed by atoms with Gasteiger partial charge in [0.25, 0.3) is 6.47 Å². The predicted molar refractivity (Wildman–Crippen MR) is 20.3 cm³/mol. The van der Waals surface area contributed by atoms with Crippen molar-refractivity contribution in [2.75, 3.05) is 0 Å². The van der Waals surface area contributed by atoms with Crippen molar-refractivity contribution in [2.24, 2.45) is 0 Å². The third kappa shape index (κ3) is 3830. The molecule has 0 aliphatic heterocycles. The molecular formula is C2H5LiO2. The molecule has 0 bridgehead atoms. The van der Waals surface area contributed by atoms with Crippen molar-refractivity contribution < 1.29 is 9.90 Å². The van der Waals surface area contributed by atoms with Crippen molar-refractivity contribution in [1.82, 2.24) is 0 Å². The summed E-state index contributed by atoms with van der Waals surface area (Å²) < 4.78 is 0. The van der Waals surface area contributed by atoms with E-state index in [4.69, 9.17) is 9.90 Å². The van der Waals surface area contributed by atoms with Gasteiger partial charge in [0, 0.05) is 0 Å². The Kier molecular flexibility index (Phi) is 59.9. The fourth-order valence-electron chi connectivity index (χ4n) is 0. The summed E-state index contributed by atoms with van der Waals surface area (Å²) in [5.41, 5.74) is 2.00. The number of hydrogen-bond acceptors (Lipinski definition) is 1. The monoisotopic (exact) mass is 68.0 g/mol. The van der Waals surface area contributed by atoms with E-state index in [0.29, 0.717) is 0 Å². The summed E-state index contributed by atoms with van der Waals surface area (Å²) in [6, 6.07) is 0. The maximum atomic E-state index is 8.36. The molecule has 0 unspecified atom stereocenters. The van der Waals surface area contributed by atoms with Crippen LogP contribution in [0.25, 0.3) is 0 Å². The van der Waals surface area contributed by atoms with Gasteiger partial charge in [-0.15, -0.1) is 0 Å². The first-order valence-electron chi connectivity index (χ1n) is 1.49. The molecular weight excluding hydrogens is 63.0 g/mol. The Hall–Kier alpha value is 0.0674. The molecule has 0 radical (unpaired) electrons. The van der Waals surface area contributed by atoms with Crippen molar-refractivity contribution in [3.05, 3.63) is 0 Å². The Morgan fingerprint density at radius 1 is 1.80 bits per heavy atom. The van der Waals surface area contributed by atoms with E-state index in [1.165, 1.54) is 0 Å². The SMILES string of the molecule is O=CO.[Li][CH3]. The van der Waals surface area contributed by atoms with Crippen LogP contribution in [0.15, 0.2) is 0 Å². The molecule has 0 aliphatic carbocycles. The van der Waals surface area contributed by atoms with E-state index in [2.05, 4.69) is 0 Å². The van der Waals surface area contributed by atoms with Crippen LogP contribution in [0.2, 0.25) is 5.60 Å². The van der Waals surface area contributed by atoms with Crippen LogP contribution < -0.4 is 0 Å². The zero-order valence-electron chi connectivity index (χ0n) is 3.43. The average Bonchev–Trinajstić information content (AvgIpc) is 1.46. The van der Waals surface area contributed by atoms with Crippen LogP contribution in [-0.4, -0.2) is 29.3 Å². The van der Waals surface area contributed by atoms with Gasteiger partial charge in [-0.3, -0.25) is 4.79 Å². The first kappa shape index (κ1) is 8.91. The van der Waals surface area contributed by atoms with E-state index in [9.17, 15) is 0 Å². The molecule has 0 amide bonds. The number of carboxylic acid groups (broad SMARTS) is 1. The standard InChI is InChI=1S/CH2O2.CH3.Li/c2-1-3;;/h1H,(H,2,3);1H3;. The molecule has 0 aromatic heterocycles. The van der Waals surface area contributed by atoms with E-state index >= 15 is 0 Å². The van der Waals surface area contributed by atoms with Gasteiger partial charge < -0.3 is 5.11 Å². The fraction of sp³-hybridized carbons (Fsp3) is 0.500. The third-order valence-corrected chi connectivity index (χ3v) is 0. The van der Waals surface area contributed by atoms with Gasteiger partial charge in [0.15, 0.2) is 0 Å². The second-order valence-corrected chi connectivity index (χ2v) is 0.105. The second-order valence-electron chi connectivity index (χ2n) is 0.105. The Morgan fingerprint density at radius 2 is 1.80 bits per heavy atom.